The average molecular weight is 371 g/mol. The third-order valence-corrected chi connectivity index (χ3v) is 4.63. The second-order valence-electron chi connectivity index (χ2n) is 7.42. The fourth-order valence-corrected chi connectivity index (χ4v) is 3.23. The summed E-state index contributed by atoms with van der Waals surface area (Å²) in [5.74, 6) is -0.0643. The van der Waals surface area contributed by atoms with E-state index in [9.17, 15) is 9.59 Å². The van der Waals surface area contributed by atoms with E-state index in [-0.39, 0.29) is 5.92 Å². The van der Waals surface area contributed by atoms with Gasteiger partial charge in [0.05, 0.1) is 11.9 Å². The topological polar surface area (TPSA) is 116 Å². The Kier molecular flexibility index (Phi) is 5.16. The summed E-state index contributed by atoms with van der Waals surface area (Å²) in [4.78, 5) is 24.5. The van der Waals surface area contributed by atoms with Gasteiger partial charge < -0.3 is 15.6 Å². The number of nitrogens with zero attached hydrogens (tertiary/aromatic N) is 3. The van der Waals surface area contributed by atoms with Crippen LogP contribution in [0.15, 0.2) is 10.6 Å². The molecule has 0 aromatic carbocycles. The lowest BCUT2D eigenvalue weighted by atomic mass is 10.0. The van der Waals surface area contributed by atoms with Gasteiger partial charge in [-0.15, -0.1) is 0 Å². The Morgan fingerprint density at radius 3 is 2.78 bits per heavy atom. The molecule has 0 spiro atoms. The molecule has 2 amide bonds. The van der Waals surface area contributed by atoms with Gasteiger partial charge in [-0.3, -0.25) is 14.3 Å². The maximum atomic E-state index is 12.8. The minimum atomic E-state index is -0.749. The van der Waals surface area contributed by atoms with Crippen molar-refractivity contribution in [3.05, 3.63) is 33.8 Å². The highest BCUT2D eigenvalue weighted by molar-refractivity contribution is 5.96. The Morgan fingerprint density at radius 2 is 2.19 bits per heavy atom. The Bertz CT molecular complexity index is 986. The van der Waals surface area contributed by atoms with Gasteiger partial charge in [-0.25, -0.2) is 0 Å². The number of hydrogen-bond acceptors (Lipinski definition) is 5. The largest absolute Gasteiger partial charge is 0.368 e. The summed E-state index contributed by atoms with van der Waals surface area (Å²) in [6, 6.07) is 1.09. The van der Waals surface area contributed by atoms with Crippen molar-refractivity contribution in [1.82, 2.24) is 20.3 Å². The smallest absolute Gasteiger partial charge is 0.273 e. The van der Waals surface area contributed by atoms with Gasteiger partial charge in [0.1, 0.15) is 17.5 Å². The number of carbonyl (C=O) groups excluding carboxylic acids is 2. The SMILES string of the molecule is Cc1cc(Cn2nc(C(=O)NC(C(N)=O)C(C)C)c3c2=CCC(C)C=3)no1. The molecule has 0 bridgehead atoms. The maximum absolute atomic E-state index is 12.8. The standard InChI is InChI=1S/C19H25N5O3/c1-10(2)16(18(20)25)21-19(26)17-14-7-11(3)5-6-15(14)24(22-17)9-13-8-12(4)27-23-13/h6-8,10-11,16H,5,9H2,1-4H3,(H2,20,25)(H,21,26). The van der Waals surface area contributed by atoms with Gasteiger partial charge in [0.2, 0.25) is 5.91 Å². The number of nitrogens with one attached hydrogen (secondary N) is 1. The molecule has 8 heteroatoms. The van der Waals surface area contributed by atoms with Crippen LogP contribution in [-0.4, -0.2) is 32.8 Å². The van der Waals surface area contributed by atoms with E-state index in [0.717, 1.165) is 28.4 Å². The number of fused-ring (bicyclic) bond motifs is 1. The van der Waals surface area contributed by atoms with E-state index in [2.05, 4.69) is 28.6 Å². The van der Waals surface area contributed by atoms with E-state index in [4.69, 9.17) is 10.3 Å². The van der Waals surface area contributed by atoms with Crippen LogP contribution in [0.1, 0.15) is 49.1 Å². The molecule has 2 atom stereocenters. The minimum Gasteiger partial charge on any atom is -0.368 e. The molecule has 2 heterocycles. The molecule has 2 unspecified atom stereocenters. The van der Waals surface area contributed by atoms with Crippen molar-refractivity contribution in [1.29, 1.82) is 0 Å². The molecular weight excluding hydrogens is 346 g/mol. The van der Waals surface area contributed by atoms with Crippen molar-refractivity contribution in [3.63, 3.8) is 0 Å². The summed E-state index contributed by atoms with van der Waals surface area (Å²) in [7, 11) is 0. The zero-order chi connectivity index (χ0) is 19.7. The highest BCUT2D eigenvalue weighted by atomic mass is 16.5. The number of rotatable bonds is 6. The normalized spacial score (nSPS) is 17.0. The number of aryl methyl sites for hydroxylation is 1. The molecule has 3 N–H and O–H groups in total. The molecule has 1 aliphatic rings. The molecule has 27 heavy (non-hydrogen) atoms. The fraction of sp³-hybridized carbons (Fsp3) is 0.474. The summed E-state index contributed by atoms with van der Waals surface area (Å²) >= 11 is 0. The molecule has 8 nitrogen and oxygen atoms in total. The van der Waals surface area contributed by atoms with Crippen LogP contribution in [0.5, 0.6) is 0 Å². The summed E-state index contributed by atoms with van der Waals surface area (Å²) in [5.41, 5.74) is 6.44. The fourth-order valence-electron chi connectivity index (χ4n) is 3.23. The van der Waals surface area contributed by atoms with Crippen LogP contribution in [0.4, 0.5) is 0 Å². The molecule has 0 saturated heterocycles. The second kappa shape index (κ2) is 7.38. The van der Waals surface area contributed by atoms with Gasteiger partial charge in [0.25, 0.3) is 5.91 Å². The number of carbonyl (C=O) groups is 2. The summed E-state index contributed by atoms with van der Waals surface area (Å²) in [5, 5.41) is 12.9. The Labute approximate surface area is 157 Å². The third kappa shape index (κ3) is 3.94. The number of aromatic nitrogens is 3. The zero-order valence-electron chi connectivity index (χ0n) is 16.0. The van der Waals surface area contributed by atoms with E-state index in [1.807, 2.05) is 32.9 Å². The summed E-state index contributed by atoms with van der Waals surface area (Å²) in [6.07, 6.45) is 4.98. The molecule has 0 radical (unpaired) electrons. The van der Waals surface area contributed by atoms with Gasteiger partial charge in [0.15, 0.2) is 5.69 Å². The molecule has 1 aliphatic carbocycles. The van der Waals surface area contributed by atoms with Gasteiger partial charge in [-0.1, -0.05) is 38.1 Å². The molecule has 2 aromatic rings. The van der Waals surface area contributed by atoms with Crippen LogP contribution in [-0.2, 0) is 11.3 Å². The van der Waals surface area contributed by atoms with Crippen molar-refractivity contribution in [2.75, 3.05) is 0 Å². The highest BCUT2D eigenvalue weighted by Crippen LogP contribution is 2.09. The zero-order valence-corrected chi connectivity index (χ0v) is 16.0. The monoisotopic (exact) mass is 371 g/mol. The Morgan fingerprint density at radius 1 is 1.44 bits per heavy atom. The van der Waals surface area contributed by atoms with E-state index in [1.54, 1.807) is 4.68 Å². The van der Waals surface area contributed by atoms with Crippen LogP contribution >= 0.6 is 0 Å². The third-order valence-electron chi connectivity index (χ3n) is 4.63. The molecule has 3 rings (SSSR count). The van der Waals surface area contributed by atoms with E-state index < -0.39 is 17.9 Å². The lowest BCUT2D eigenvalue weighted by molar-refractivity contribution is -0.120. The van der Waals surface area contributed by atoms with Gasteiger partial charge >= 0.3 is 0 Å². The maximum Gasteiger partial charge on any atom is 0.273 e. The average Bonchev–Trinajstić information content (AvgIpc) is 3.15. The molecule has 144 valence electrons. The van der Waals surface area contributed by atoms with Crippen molar-refractivity contribution < 1.29 is 14.1 Å². The van der Waals surface area contributed by atoms with Crippen LogP contribution in [0.3, 0.4) is 0 Å². The number of hydrogen-bond donors (Lipinski definition) is 2. The van der Waals surface area contributed by atoms with Gasteiger partial charge in [-0.05, 0) is 25.2 Å². The number of amides is 2. The van der Waals surface area contributed by atoms with Crippen LogP contribution in [0, 0.1) is 18.8 Å². The lowest BCUT2D eigenvalue weighted by Gasteiger charge is -2.18. The predicted molar refractivity (Wildman–Crippen MR) is 99.8 cm³/mol. The molecule has 0 saturated carbocycles. The molecule has 2 aromatic heterocycles. The summed E-state index contributed by atoms with van der Waals surface area (Å²) in [6.45, 7) is 7.97. The number of nitrogens with two attached hydrogens (primary N) is 1. The van der Waals surface area contributed by atoms with Gasteiger partial charge in [-0.2, -0.15) is 5.10 Å². The van der Waals surface area contributed by atoms with E-state index in [0.29, 0.717) is 18.2 Å². The number of primary amides is 1. The van der Waals surface area contributed by atoms with E-state index >= 15 is 0 Å². The lowest BCUT2D eigenvalue weighted by Crippen LogP contribution is -2.49. The Hall–Kier alpha value is -2.90. The Balaban J connectivity index is 1.99. The first-order valence-electron chi connectivity index (χ1n) is 9.07. The van der Waals surface area contributed by atoms with Crippen molar-refractivity contribution in [2.45, 2.75) is 46.7 Å². The molecule has 0 aliphatic heterocycles. The predicted octanol–water partition coefficient (Wildman–Crippen LogP) is 0.0683. The minimum absolute atomic E-state index is 0.114. The summed E-state index contributed by atoms with van der Waals surface area (Å²) < 4.78 is 6.87. The first-order chi connectivity index (χ1) is 12.8. The second-order valence-corrected chi connectivity index (χ2v) is 7.42. The molecule has 0 fully saturated rings. The van der Waals surface area contributed by atoms with Crippen LogP contribution in [0.2, 0.25) is 0 Å². The quantitative estimate of drug-likeness (QED) is 0.745. The highest BCUT2D eigenvalue weighted by Gasteiger charge is 2.25. The first kappa shape index (κ1) is 18.9. The molecular formula is C19H25N5O3. The van der Waals surface area contributed by atoms with Crippen molar-refractivity contribution in [3.8, 4) is 0 Å². The van der Waals surface area contributed by atoms with Crippen molar-refractivity contribution >= 4 is 24.0 Å². The van der Waals surface area contributed by atoms with Crippen LogP contribution in [0.25, 0.3) is 12.2 Å². The van der Waals surface area contributed by atoms with Gasteiger partial charge in [0, 0.05) is 11.3 Å². The van der Waals surface area contributed by atoms with Crippen molar-refractivity contribution in [2.24, 2.45) is 17.6 Å². The van der Waals surface area contributed by atoms with Crippen LogP contribution < -0.4 is 21.6 Å². The first-order valence-corrected chi connectivity index (χ1v) is 9.07. The van der Waals surface area contributed by atoms with E-state index in [1.165, 1.54) is 0 Å².